The first-order valence-corrected chi connectivity index (χ1v) is 7.51. The van der Waals surface area contributed by atoms with Gasteiger partial charge in [-0.05, 0) is 20.1 Å². The largest absolute Gasteiger partial charge is 0.461 e. The molecule has 0 spiro atoms. The standard InChI is InChI=1S/C13H15N3O4S/c1-4-19-12(18)10-9(7-20-15-10)6-16-11(17)8(2)5-14-13(16)21-3/h5,7H,4,6H2,1-3H3. The van der Waals surface area contributed by atoms with E-state index in [-0.39, 0.29) is 24.4 Å². The highest BCUT2D eigenvalue weighted by atomic mass is 32.2. The fourth-order valence-corrected chi connectivity index (χ4v) is 2.31. The second kappa shape index (κ2) is 6.57. The van der Waals surface area contributed by atoms with Gasteiger partial charge < -0.3 is 9.26 Å². The van der Waals surface area contributed by atoms with Gasteiger partial charge in [0.15, 0.2) is 10.9 Å². The number of rotatable bonds is 5. The Morgan fingerprint density at radius 3 is 2.95 bits per heavy atom. The van der Waals surface area contributed by atoms with E-state index in [2.05, 4.69) is 10.1 Å². The molecule has 0 aromatic carbocycles. The van der Waals surface area contributed by atoms with Crippen LogP contribution in [0.3, 0.4) is 0 Å². The Hall–Kier alpha value is -2.09. The molecule has 0 saturated carbocycles. The molecule has 21 heavy (non-hydrogen) atoms. The van der Waals surface area contributed by atoms with E-state index >= 15 is 0 Å². The summed E-state index contributed by atoms with van der Waals surface area (Å²) in [7, 11) is 0. The first-order chi connectivity index (χ1) is 10.1. The molecule has 2 aromatic rings. The first-order valence-electron chi connectivity index (χ1n) is 6.29. The summed E-state index contributed by atoms with van der Waals surface area (Å²) in [6, 6.07) is 0. The normalized spacial score (nSPS) is 10.6. The van der Waals surface area contributed by atoms with Crippen LogP contribution in [0.15, 0.2) is 26.9 Å². The van der Waals surface area contributed by atoms with Crippen molar-refractivity contribution in [1.29, 1.82) is 0 Å². The maximum Gasteiger partial charge on any atom is 0.360 e. The average molecular weight is 309 g/mol. The average Bonchev–Trinajstić information content (AvgIpc) is 2.93. The molecule has 0 bridgehead atoms. The van der Waals surface area contributed by atoms with E-state index in [1.54, 1.807) is 13.8 Å². The highest BCUT2D eigenvalue weighted by Crippen LogP contribution is 2.15. The molecule has 2 heterocycles. The van der Waals surface area contributed by atoms with Crippen LogP contribution in [0.5, 0.6) is 0 Å². The van der Waals surface area contributed by atoms with Crippen LogP contribution in [0.1, 0.15) is 28.5 Å². The van der Waals surface area contributed by atoms with E-state index in [9.17, 15) is 9.59 Å². The molecule has 0 atom stereocenters. The summed E-state index contributed by atoms with van der Waals surface area (Å²) in [6.45, 7) is 3.79. The molecule has 0 aliphatic heterocycles. The fraction of sp³-hybridized carbons (Fsp3) is 0.385. The molecular formula is C13H15N3O4S. The predicted octanol–water partition coefficient (Wildman–Crippen LogP) is 1.49. The molecule has 0 amide bonds. The van der Waals surface area contributed by atoms with Crippen LogP contribution in [0.2, 0.25) is 0 Å². The smallest absolute Gasteiger partial charge is 0.360 e. The molecule has 2 aromatic heterocycles. The molecule has 7 nitrogen and oxygen atoms in total. The van der Waals surface area contributed by atoms with E-state index in [4.69, 9.17) is 9.26 Å². The lowest BCUT2D eigenvalue weighted by Crippen LogP contribution is -2.26. The van der Waals surface area contributed by atoms with Crippen LogP contribution in [-0.2, 0) is 11.3 Å². The number of hydrogen-bond acceptors (Lipinski definition) is 7. The number of hydrogen-bond donors (Lipinski definition) is 0. The van der Waals surface area contributed by atoms with Crippen LogP contribution >= 0.6 is 11.8 Å². The number of carbonyl (C=O) groups is 1. The Kier molecular flexibility index (Phi) is 4.79. The van der Waals surface area contributed by atoms with Crippen LogP contribution < -0.4 is 5.56 Å². The van der Waals surface area contributed by atoms with Crippen LogP contribution in [0.4, 0.5) is 0 Å². The summed E-state index contributed by atoms with van der Waals surface area (Å²) < 4.78 is 11.2. The predicted molar refractivity (Wildman–Crippen MR) is 76.6 cm³/mol. The molecule has 2 rings (SSSR count). The minimum atomic E-state index is -0.569. The van der Waals surface area contributed by atoms with Gasteiger partial charge >= 0.3 is 5.97 Å². The van der Waals surface area contributed by atoms with Gasteiger partial charge in [-0.1, -0.05) is 16.9 Å². The van der Waals surface area contributed by atoms with Gasteiger partial charge in [-0.2, -0.15) is 0 Å². The van der Waals surface area contributed by atoms with Crippen molar-refractivity contribution in [2.45, 2.75) is 25.5 Å². The number of nitrogens with zero attached hydrogens (tertiary/aromatic N) is 3. The zero-order chi connectivity index (χ0) is 15.4. The third kappa shape index (κ3) is 3.15. The van der Waals surface area contributed by atoms with Crippen molar-refractivity contribution in [2.75, 3.05) is 12.9 Å². The number of ether oxygens (including phenoxy) is 1. The maximum atomic E-state index is 12.2. The van der Waals surface area contributed by atoms with Gasteiger partial charge in [0.25, 0.3) is 5.56 Å². The number of aryl methyl sites for hydroxylation is 1. The van der Waals surface area contributed by atoms with Crippen molar-refractivity contribution in [2.24, 2.45) is 0 Å². The monoisotopic (exact) mass is 309 g/mol. The van der Waals surface area contributed by atoms with Gasteiger partial charge in [0, 0.05) is 17.3 Å². The highest BCUT2D eigenvalue weighted by Gasteiger charge is 2.19. The molecule has 0 radical (unpaired) electrons. The Bertz CT molecular complexity index is 708. The van der Waals surface area contributed by atoms with Crippen molar-refractivity contribution in [1.82, 2.24) is 14.7 Å². The number of thioether (sulfide) groups is 1. The van der Waals surface area contributed by atoms with E-state index in [1.165, 1.54) is 28.8 Å². The minimum Gasteiger partial charge on any atom is -0.461 e. The lowest BCUT2D eigenvalue weighted by atomic mass is 10.2. The number of aromatic nitrogens is 3. The summed E-state index contributed by atoms with van der Waals surface area (Å²) in [5.74, 6) is -0.569. The Morgan fingerprint density at radius 2 is 2.29 bits per heavy atom. The molecule has 112 valence electrons. The van der Waals surface area contributed by atoms with Crippen molar-refractivity contribution in [3.63, 3.8) is 0 Å². The summed E-state index contributed by atoms with van der Waals surface area (Å²) in [4.78, 5) is 28.2. The molecule has 0 N–H and O–H groups in total. The van der Waals surface area contributed by atoms with Crippen molar-refractivity contribution >= 4 is 17.7 Å². The summed E-state index contributed by atoms with van der Waals surface area (Å²) in [5, 5.41) is 4.20. The lowest BCUT2D eigenvalue weighted by Gasteiger charge is -2.10. The third-order valence-corrected chi connectivity index (χ3v) is 3.50. The van der Waals surface area contributed by atoms with E-state index in [1.807, 2.05) is 6.26 Å². The molecular weight excluding hydrogens is 294 g/mol. The van der Waals surface area contributed by atoms with Crippen LogP contribution in [0.25, 0.3) is 0 Å². The molecule has 0 saturated heterocycles. The second-order valence-corrected chi connectivity index (χ2v) is 5.00. The Labute approximate surface area is 125 Å². The zero-order valence-electron chi connectivity index (χ0n) is 12.0. The summed E-state index contributed by atoms with van der Waals surface area (Å²) in [6.07, 6.45) is 4.70. The lowest BCUT2D eigenvalue weighted by molar-refractivity contribution is 0.0513. The van der Waals surface area contributed by atoms with Gasteiger partial charge in [0.2, 0.25) is 0 Å². The summed E-state index contributed by atoms with van der Waals surface area (Å²) >= 11 is 1.35. The van der Waals surface area contributed by atoms with Gasteiger partial charge in [-0.15, -0.1) is 0 Å². The second-order valence-electron chi connectivity index (χ2n) is 4.23. The van der Waals surface area contributed by atoms with Crippen molar-refractivity contribution < 1.29 is 14.1 Å². The van der Waals surface area contributed by atoms with Crippen molar-refractivity contribution in [3.05, 3.63) is 39.6 Å². The highest BCUT2D eigenvalue weighted by molar-refractivity contribution is 7.98. The molecule has 0 fully saturated rings. The summed E-state index contributed by atoms with van der Waals surface area (Å²) in [5.41, 5.74) is 0.933. The Balaban J connectivity index is 2.40. The Morgan fingerprint density at radius 1 is 1.52 bits per heavy atom. The van der Waals surface area contributed by atoms with Gasteiger partial charge in [-0.3, -0.25) is 9.36 Å². The minimum absolute atomic E-state index is 0.0808. The van der Waals surface area contributed by atoms with Gasteiger partial charge in [0.05, 0.1) is 13.2 Å². The van der Waals surface area contributed by atoms with Crippen LogP contribution in [-0.4, -0.2) is 33.5 Å². The van der Waals surface area contributed by atoms with E-state index in [0.717, 1.165) is 0 Å². The van der Waals surface area contributed by atoms with E-state index < -0.39 is 5.97 Å². The van der Waals surface area contributed by atoms with Gasteiger partial charge in [0.1, 0.15) is 6.26 Å². The molecule has 0 unspecified atom stereocenters. The first kappa shape index (κ1) is 15.3. The maximum absolute atomic E-state index is 12.2. The quantitative estimate of drug-likeness (QED) is 0.469. The fourth-order valence-electron chi connectivity index (χ4n) is 1.79. The topological polar surface area (TPSA) is 87.2 Å². The van der Waals surface area contributed by atoms with Crippen molar-refractivity contribution in [3.8, 4) is 0 Å². The molecule has 0 aliphatic carbocycles. The molecule has 0 aliphatic rings. The molecule has 8 heteroatoms. The van der Waals surface area contributed by atoms with E-state index in [0.29, 0.717) is 16.3 Å². The number of carbonyl (C=O) groups excluding carboxylic acids is 1. The number of esters is 1. The zero-order valence-corrected chi connectivity index (χ0v) is 12.8. The third-order valence-electron chi connectivity index (χ3n) is 2.80. The SMILES string of the molecule is CCOC(=O)c1nocc1Cn1c(SC)ncc(C)c1=O. The van der Waals surface area contributed by atoms with Crippen LogP contribution in [0, 0.1) is 6.92 Å². The van der Waals surface area contributed by atoms with Gasteiger partial charge in [-0.25, -0.2) is 9.78 Å².